The molecule has 0 radical (unpaired) electrons. The number of aromatic nitrogens is 4. The summed E-state index contributed by atoms with van der Waals surface area (Å²) in [6, 6.07) is 11.2. The van der Waals surface area contributed by atoms with Crippen LogP contribution in [0.3, 0.4) is 0 Å². The molecule has 0 aliphatic carbocycles. The van der Waals surface area contributed by atoms with Crippen LogP contribution in [0, 0.1) is 5.92 Å². The van der Waals surface area contributed by atoms with Crippen LogP contribution < -0.4 is 21.3 Å². The van der Waals surface area contributed by atoms with Crippen molar-refractivity contribution < 1.29 is 9.59 Å². The van der Waals surface area contributed by atoms with Crippen LogP contribution in [0.25, 0.3) is 5.69 Å². The summed E-state index contributed by atoms with van der Waals surface area (Å²) < 4.78 is 1.56. The summed E-state index contributed by atoms with van der Waals surface area (Å²) in [6.45, 7) is 11.1. The number of carbonyl (C=O) groups is 2. The molecule has 11 nitrogen and oxygen atoms in total. The Kier molecular flexibility index (Phi) is 7.61. The number of pyridine rings is 1. The molecule has 3 heterocycles. The van der Waals surface area contributed by atoms with Crippen molar-refractivity contribution in [1.29, 1.82) is 0 Å². The van der Waals surface area contributed by atoms with E-state index in [1.807, 2.05) is 69.0 Å². The Morgan fingerprint density at radius 1 is 1.08 bits per heavy atom. The summed E-state index contributed by atoms with van der Waals surface area (Å²) in [5.41, 5.74) is 8.42. The van der Waals surface area contributed by atoms with Crippen molar-refractivity contribution >= 4 is 40.9 Å². The van der Waals surface area contributed by atoms with E-state index in [1.165, 1.54) is 0 Å². The highest BCUT2D eigenvalue weighted by molar-refractivity contribution is 5.91. The molecule has 2 amide bonds. The molecule has 196 valence electrons. The highest BCUT2D eigenvalue weighted by Crippen LogP contribution is 2.25. The molecular weight excluding hydrogens is 470 g/mol. The SMILES string of the molecule is CC(=O)N1[C@H](C)CN(c2cc(-n3nc(Nc4ccc(NC(=O)CC(C)C)cc4)nc3N)ccn2)C[C@@H]1C. The van der Waals surface area contributed by atoms with Crippen LogP contribution in [0.1, 0.15) is 41.0 Å². The van der Waals surface area contributed by atoms with Gasteiger partial charge in [0.2, 0.25) is 23.7 Å². The smallest absolute Gasteiger partial charge is 0.248 e. The number of anilines is 5. The predicted molar refractivity (Wildman–Crippen MR) is 145 cm³/mol. The zero-order valence-electron chi connectivity index (χ0n) is 22.0. The predicted octanol–water partition coefficient (Wildman–Crippen LogP) is 3.42. The van der Waals surface area contributed by atoms with Gasteiger partial charge in [0.1, 0.15) is 5.82 Å². The van der Waals surface area contributed by atoms with Gasteiger partial charge >= 0.3 is 0 Å². The molecule has 1 fully saturated rings. The van der Waals surface area contributed by atoms with Gasteiger partial charge in [-0.15, -0.1) is 5.10 Å². The molecule has 1 saturated heterocycles. The van der Waals surface area contributed by atoms with Gasteiger partial charge in [-0.2, -0.15) is 9.67 Å². The summed E-state index contributed by atoms with van der Waals surface area (Å²) in [6.07, 6.45) is 2.20. The largest absolute Gasteiger partial charge is 0.368 e. The fraction of sp³-hybridized carbons (Fsp3) is 0.423. The van der Waals surface area contributed by atoms with E-state index < -0.39 is 0 Å². The fourth-order valence-corrected chi connectivity index (χ4v) is 4.76. The average Bonchev–Trinajstić information content (AvgIpc) is 3.19. The molecule has 3 aromatic rings. The van der Waals surface area contributed by atoms with E-state index in [4.69, 9.17) is 5.73 Å². The molecule has 2 aromatic heterocycles. The highest BCUT2D eigenvalue weighted by atomic mass is 16.2. The average molecular weight is 506 g/mol. The maximum Gasteiger partial charge on any atom is 0.248 e. The van der Waals surface area contributed by atoms with Gasteiger partial charge in [0.15, 0.2) is 0 Å². The van der Waals surface area contributed by atoms with Gasteiger partial charge < -0.3 is 26.2 Å². The lowest BCUT2D eigenvalue weighted by Gasteiger charge is -2.44. The number of piperazine rings is 1. The van der Waals surface area contributed by atoms with Crippen LogP contribution >= 0.6 is 0 Å². The maximum atomic E-state index is 12.0. The van der Waals surface area contributed by atoms with Crippen molar-refractivity contribution in [2.24, 2.45) is 5.92 Å². The van der Waals surface area contributed by atoms with E-state index >= 15 is 0 Å². The number of benzene rings is 1. The molecule has 2 atom stereocenters. The second-order valence-electron chi connectivity index (χ2n) is 9.96. The van der Waals surface area contributed by atoms with Crippen molar-refractivity contribution in [3.05, 3.63) is 42.6 Å². The fourth-order valence-electron chi connectivity index (χ4n) is 4.76. The molecule has 0 saturated carbocycles. The Balaban J connectivity index is 1.46. The van der Waals surface area contributed by atoms with Crippen molar-refractivity contribution in [2.75, 3.05) is 34.4 Å². The van der Waals surface area contributed by atoms with Crippen LogP contribution in [0.4, 0.5) is 29.1 Å². The van der Waals surface area contributed by atoms with Crippen LogP contribution in [0.15, 0.2) is 42.6 Å². The van der Waals surface area contributed by atoms with Crippen LogP contribution in [0.5, 0.6) is 0 Å². The number of nitrogen functional groups attached to an aromatic ring is 1. The number of amides is 2. The van der Waals surface area contributed by atoms with Crippen LogP contribution in [-0.4, -0.2) is 61.6 Å². The molecule has 0 unspecified atom stereocenters. The van der Waals surface area contributed by atoms with Gasteiger partial charge in [0.05, 0.1) is 5.69 Å². The maximum absolute atomic E-state index is 12.0. The third kappa shape index (κ3) is 6.16. The van der Waals surface area contributed by atoms with Gasteiger partial charge in [0, 0.05) is 62.2 Å². The molecule has 37 heavy (non-hydrogen) atoms. The second-order valence-corrected chi connectivity index (χ2v) is 9.96. The topological polar surface area (TPSA) is 134 Å². The molecule has 4 N–H and O–H groups in total. The van der Waals surface area contributed by atoms with Gasteiger partial charge in [-0.3, -0.25) is 9.59 Å². The Hall–Kier alpha value is -4.15. The van der Waals surface area contributed by atoms with E-state index in [2.05, 4.69) is 30.6 Å². The Labute approximate surface area is 217 Å². The zero-order chi connectivity index (χ0) is 26.7. The highest BCUT2D eigenvalue weighted by Gasteiger charge is 2.31. The summed E-state index contributed by atoms with van der Waals surface area (Å²) in [7, 11) is 0. The van der Waals surface area contributed by atoms with Gasteiger partial charge in [-0.05, 0) is 50.1 Å². The first-order chi connectivity index (χ1) is 17.6. The third-order valence-corrected chi connectivity index (χ3v) is 6.23. The molecule has 0 bridgehead atoms. The number of hydrogen-bond acceptors (Lipinski definition) is 8. The molecule has 1 aliphatic heterocycles. The molecule has 1 aromatic carbocycles. The van der Waals surface area contributed by atoms with Crippen molar-refractivity contribution in [3.63, 3.8) is 0 Å². The number of hydrogen-bond donors (Lipinski definition) is 3. The summed E-state index contributed by atoms with van der Waals surface area (Å²) in [5, 5.41) is 10.6. The lowest BCUT2D eigenvalue weighted by molar-refractivity contribution is -0.133. The molecule has 1 aliphatic rings. The minimum atomic E-state index is -0.00902. The van der Waals surface area contributed by atoms with E-state index in [9.17, 15) is 9.59 Å². The minimum absolute atomic E-state index is 0.00902. The second kappa shape index (κ2) is 10.9. The standard InChI is InChI=1S/C26H35N9O2/c1-16(2)12-24(37)29-20-6-8-21(9-7-20)30-26-31-25(27)35(32-26)22-10-11-28-23(13-22)33-14-17(3)34(19(5)36)18(4)15-33/h6-11,13,16-18H,12,14-15H2,1-5H3,(H,29,37)(H3,27,30,31,32)/t17-,18+. The first kappa shape index (κ1) is 25.9. The van der Waals surface area contributed by atoms with Crippen molar-refractivity contribution in [3.8, 4) is 5.69 Å². The van der Waals surface area contributed by atoms with Crippen LogP contribution in [-0.2, 0) is 9.59 Å². The first-order valence-electron chi connectivity index (χ1n) is 12.5. The molecule has 0 spiro atoms. The summed E-state index contributed by atoms with van der Waals surface area (Å²) in [5.74, 6) is 1.75. The number of nitrogens with zero attached hydrogens (tertiary/aromatic N) is 6. The number of nitrogens with one attached hydrogen (secondary N) is 2. The third-order valence-electron chi connectivity index (χ3n) is 6.23. The number of nitrogens with two attached hydrogens (primary N) is 1. The Morgan fingerprint density at radius 3 is 2.35 bits per heavy atom. The van der Waals surface area contributed by atoms with Crippen LogP contribution in [0.2, 0.25) is 0 Å². The first-order valence-corrected chi connectivity index (χ1v) is 12.5. The number of carbonyl (C=O) groups excluding carboxylic acids is 2. The van der Waals surface area contributed by atoms with E-state index in [0.29, 0.717) is 31.4 Å². The van der Waals surface area contributed by atoms with Gasteiger partial charge in [-0.25, -0.2) is 4.98 Å². The molecular formula is C26H35N9O2. The van der Waals surface area contributed by atoms with Crippen molar-refractivity contribution in [2.45, 2.75) is 53.1 Å². The Bertz CT molecular complexity index is 1240. The van der Waals surface area contributed by atoms with Gasteiger partial charge in [0.25, 0.3) is 0 Å². The van der Waals surface area contributed by atoms with E-state index in [1.54, 1.807) is 17.8 Å². The van der Waals surface area contributed by atoms with E-state index in [-0.39, 0.29) is 29.8 Å². The Morgan fingerprint density at radius 2 is 1.73 bits per heavy atom. The lowest BCUT2D eigenvalue weighted by Crippen LogP contribution is -2.58. The normalized spacial score (nSPS) is 17.7. The number of rotatable bonds is 7. The van der Waals surface area contributed by atoms with E-state index in [0.717, 1.165) is 22.9 Å². The lowest BCUT2D eigenvalue weighted by atomic mass is 10.1. The minimum Gasteiger partial charge on any atom is -0.368 e. The monoisotopic (exact) mass is 505 g/mol. The quantitative estimate of drug-likeness (QED) is 0.445. The molecule has 11 heteroatoms. The summed E-state index contributed by atoms with van der Waals surface area (Å²) >= 11 is 0. The molecule has 4 rings (SSSR count). The summed E-state index contributed by atoms with van der Waals surface area (Å²) in [4.78, 5) is 37.0. The van der Waals surface area contributed by atoms with Gasteiger partial charge in [-0.1, -0.05) is 13.8 Å². The zero-order valence-corrected chi connectivity index (χ0v) is 22.0. The van der Waals surface area contributed by atoms with Crippen molar-refractivity contribution in [1.82, 2.24) is 24.6 Å².